The molecule has 0 bridgehead atoms. The van der Waals surface area contributed by atoms with E-state index >= 15 is 0 Å². The Morgan fingerprint density at radius 2 is 1.85 bits per heavy atom. The maximum Gasteiger partial charge on any atom is 0.311 e. The first-order valence-corrected chi connectivity index (χ1v) is 10.0. The van der Waals surface area contributed by atoms with Crippen molar-refractivity contribution in [2.75, 3.05) is 6.54 Å². The van der Waals surface area contributed by atoms with Crippen LogP contribution in [0, 0.1) is 0 Å². The summed E-state index contributed by atoms with van der Waals surface area (Å²) in [7, 11) is 0. The second-order valence-corrected chi connectivity index (χ2v) is 7.10. The second-order valence-electron chi connectivity index (χ2n) is 7.10. The minimum Gasteiger partial charge on any atom is -0.453 e. The summed E-state index contributed by atoms with van der Waals surface area (Å²) in [5, 5.41) is 3.60. The van der Waals surface area contributed by atoms with Gasteiger partial charge in [-0.25, -0.2) is 0 Å². The number of rotatable bonds is 8. The van der Waals surface area contributed by atoms with Gasteiger partial charge in [-0.15, -0.1) is 0 Å². The monoisotopic (exact) mass is 367 g/mol. The smallest absolute Gasteiger partial charge is 0.311 e. The van der Waals surface area contributed by atoms with E-state index < -0.39 is 0 Å². The molecular formula is C23H29NO3. The third kappa shape index (κ3) is 6.10. The van der Waals surface area contributed by atoms with Crippen LogP contribution < -0.4 is 14.8 Å². The fourth-order valence-electron chi connectivity index (χ4n) is 3.36. The summed E-state index contributed by atoms with van der Waals surface area (Å²) in [5.74, 6) is 1.53. The van der Waals surface area contributed by atoms with Crippen molar-refractivity contribution in [2.24, 2.45) is 0 Å². The molecule has 0 radical (unpaired) electrons. The lowest BCUT2D eigenvalue weighted by Gasteiger charge is -2.23. The molecule has 3 rings (SSSR count). The predicted molar refractivity (Wildman–Crippen MR) is 107 cm³/mol. The van der Waals surface area contributed by atoms with Crippen LogP contribution in [0.25, 0.3) is 0 Å². The summed E-state index contributed by atoms with van der Waals surface area (Å²) in [6.07, 6.45) is 7.34. The molecule has 0 aromatic heterocycles. The van der Waals surface area contributed by atoms with E-state index in [-0.39, 0.29) is 5.97 Å². The summed E-state index contributed by atoms with van der Waals surface area (Å²) in [5.41, 5.74) is 1.32. The summed E-state index contributed by atoms with van der Waals surface area (Å²) in [4.78, 5) is 11.8. The average molecular weight is 367 g/mol. The number of carbonyl (C=O) groups excluding carboxylic acids is 1. The largest absolute Gasteiger partial charge is 0.453 e. The van der Waals surface area contributed by atoms with Gasteiger partial charge in [0.25, 0.3) is 0 Å². The third-order valence-electron chi connectivity index (χ3n) is 4.87. The minimum atomic E-state index is -0.236. The molecule has 0 amide bonds. The molecule has 4 nitrogen and oxygen atoms in total. The number of esters is 1. The predicted octanol–water partition coefficient (Wildman–Crippen LogP) is 5.26. The lowest BCUT2D eigenvalue weighted by Crippen LogP contribution is -2.34. The van der Waals surface area contributed by atoms with Gasteiger partial charge in [0.2, 0.25) is 0 Å². The van der Waals surface area contributed by atoms with Crippen molar-refractivity contribution in [1.82, 2.24) is 5.32 Å². The maximum atomic E-state index is 11.8. The molecule has 1 aliphatic rings. The lowest BCUT2D eigenvalue weighted by atomic mass is 9.98. The SMILES string of the molecule is CCCC(=O)Oc1ccccc1Oc1ccc(CCC2CCCCN2)cc1. The van der Waals surface area contributed by atoms with Crippen LogP contribution in [0.4, 0.5) is 0 Å². The molecule has 1 unspecified atom stereocenters. The standard InChI is InChI=1S/C23H29NO3/c1-2-7-23(25)27-22-10-4-3-9-21(22)26-20-15-12-18(13-16-20)11-14-19-8-5-6-17-24-19/h3-4,9-10,12-13,15-16,19,24H,2,5-8,11,14,17H2,1H3. The fourth-order valence-corrected chi connectivity index (χ4v) is 3.36. The fraction of sp³-hybridized carbons (Fsp3) is 0.435. The van der Waals surface area contributed by atoms with E-state index in [1.807, 2.05) is 37.3 Å². The highest BCUT2D eigenvalue weighted by atomic mass is 16.6. The van der Waals surface area contributed by atoms with Gasteiger partial charge < -0.3 is 14.8 Å². The molecule has 2 aromatic carbocycles. The van der Waals surface area contributed by atoms with E-state index in [1.165, 1.54) is 31.2 Å². The Morgan fingerprint density at radius 1 is 1.07 bits per heavy atom. The molecule has 1 heterocycles. The summed E-state index contributed by atoms with van der Waals surface area (Å²) >= 11 is 0. The zero-order valence-corrected chi connectivity index (χ0v) is 16.1. The van der Waals surface area contributed by atoms with Crippen molar-refractivity contribution in [2.45, 2.75) is 57.9 Å². The molecule has 0 aliphatic carbocycles. The van der Waals surface area contributed by atoms with E-state index in [2.05, 4.69) is 17.4 Å². The van der Waals surface area contributed by atoms with Crippen molar-refractivity contribution >= 4 is 5.97 Å². The molecule has 4 heteroatoms. The lowest BCUT2D eigenvalue weighted by molar-refractivity contribution is -0.134. The maximum absolute atomic E-state index is 11.8. The normalized spacial score (nSPS) is 16.7. The number of nitrogens with one attached hydrogen (secondary N) is 1. The van der Waals surface area contributed by atoms with E-state index in [0.29, 0.717) is 24.0 Å². The van der Waals surface area contributed by atoms with Crippen molar-refractivity contribution in [3.63, 3.8) is 0 Å². The van der Waals surface area contributed by atoms with Crippen molar-refractivity contribution < 1.29 is 14.3 Å². The molecule has 27 heavy (non-hydrogen) atoms. The van der Waals surface area contributed by atoms with Gasteiger partial charge in [-0.2, -0.15) is 0 Å². The Kier molecular flexibility index (Phi) is 7.28. The van der Waals surface area contributed by atoms with Crippen LogP contribution in [0.5, 0.6) is 17.2 Å². The highest BCUT2D eigenvalue weighted by molar-refractivity contribution is 5.73. The number of benzene rings is 2. The third-order valence-corrected chi connectivity index (χ3v) is 4.87. The summed E-state index contributed by atoms with van der Waals surface area (Å²) in [6.45, 7) is 3.11. The second kappa shape index (κ2) is 10.1. The van der Waals surface area contributed by atoms with Crippen LogP contribution in [0.3, 0.4) is 0 Å². The van der Waals surface area contributed by atoms with Crippen LogP contribution >= 0.6 is 0 Å². The molecule has 144 valence electrons. The van der Waals surface area contributed by atoms with Crippen molar-refractivity contribution in [3.8, 4) is 17.2 Å². The molecule has 1 N–H and O–H groups in total. The van der Waals surface area contributed by atoms with Gasteiger partial charge in [-0.3, -0.25) is 4.79 Å². The number of carbonyl (C=O) groups is 1. The van der Waals surface area contributed by atoms with Crippen molar-refractivity contribution in [1.29, 1.82) is 0 Å². The molecule has 1 fully saturated rings. The van der Waals surface area contributed by atoms with Gasteiger partial charge in [0, 0.05) is 12.5 Å². The Bertz CT molecular complexity index is 721. The van der Waals surface area contributed by atoms with Crippen LogP contribution in [-0.4, -0.2) is 18.6 Å². The van der Waals surface area contributed by atoms with Gasteiger partial charge in [-0.1, -0.05) is 37.6 Å². The summed E-state index contributed by atoms with van der Waals surface area (Å²) in [6, 6.07) is 16.1. The van der Waals surface area contributed by atoms with Gasteiger partial charge in [0.15, 0.2) is 11.5 Å². The molecule has 1 saturated heterocycles. The molecule has 0 spiro atoms. The Labute approximate surface area is 161 Å². The van der Waals surface area contributed by atoms with Crippen LogP contribution in [0.2, 0.25) is 0 Å². The first-order valence-electron chi connectivity index (χ1n) is 10.0. The number of hydrogen-bond donors (Lipinski definition) is 1. The first-order chi connectivity index (χ1) is 13.2. The van der Waals surface area contributed by atoms with Crippen LogP contribution in [0.1, 0.15) is 51.0 Å². The highest BCUT2D eigenvalue weighted by Crippen LogP contribution is 2.31. The van der Waals surface area contributed by atoms with E-state index in [1.54, 1.807) is 6.07 Å². The van der Waals surface area contributed by atoms with Gasteiger partial charge in [0.05, 0.1) is 0 Å². The molecule has 1 aliphatic heterocycles. The molecule has 1 atom stereocenters. The first kappa shape index (κ1) is 19.4. The van der Waals surface area contributed by atoms with Crippen LogP contribution in [-0.2, 0) is 11.2 Å². The van der Waals surface area contributed by atoms with Crippen LogP contribution in [0.15, 0.2) is 48.5 Å². The Morgan fingerprint density at radius 3 is 2.56 bits per heavy atom. The average Bonchev–Trinajstić information content (AvgIpc) is 2.70. The topological polar surface area (TPSA) is 47.6 Å². The zero-order valence-electron chi connectivity index (χ0n) is 16.1. The van der Waals surface area contributed by atoms with E-state index in [4.69, 9.17) is 9.47 Å². The molecular weight excluding hydrogens is 338 g/mol. The zero-order chi connectivity index (χ0) is 18.9. The Balaban J connectivity index is 1.57. The number of hydrogen-bond acceptors (Lipinski definition) is 4. The summed E-state index contributed by atoms with van der Waals surface area (Å²) < 4.78 is 11.4. The number of para-hydroxylation sites is 2. The highest BCUT2D eigenvalue weighted by Gasteiger charge is 2.13. The van der Waals surface area contributed by atoms with Gasteiger partial charge in [-0.05, 0) is 68.5 Å². The van der Waals surface area contributed by atoms with E-state index in [0.717, 1.165) is 25.1 Å². The molecule has 2 aromatic rings. The van der Waals surface area contributed by atoms with Crippen molar-refractivity contribution in [3.05, 3.63) is 54.1 Å². The number of aryl methyl sites for hydroxylation is 1. The number of ether oxygens (including phenoxy) is 2. The van der Waals surface area contributed by atoms with Gasteiger partial charge in [0.1, 0.15) is 5.75 Å². The number of piperidine rings is 1. The quantitative estimate of drug-likeness (QED) is 0.511. The molecule has 0 saturated carbocycles. The van der Waals surface area contributed by atoms with E-state index in [9.17, 15) is 4.79 Å². The Hall–Kier alpha value is -2.33. The van der Waals surface area contributed by atoms with Gasteiger partial charge >= 0.3 is 5.97 Å². The minimum absolute atomic E-state index is 0.236.